The molecular formula is C16H29ClN4O2S. The van der Waals surface area contributed by atoms with Crippen molar-refractivity contribution in [3.63, 3.8) is 0 Å². The number of halogens is 1. The molecule has 1 N–H and O–H groups in total. The van der Waals surface area contributed by atoms with Gasteiger partial charge in [-0.2, -0.15) is 5.10 Å². The lowest BCUT2D eigenvalue weighted by molar-refractivity contribution is 0.311. The highest BCUT2D eigenvalue weighted by atomic mass is 35.5. The second-order valence-electron chi connectivity index (χ2n) is 7.19. The van der Waals surface area contributed by atoms with Gasteiger partial charge in [-0.25, -0.2) is 13.1 Å². The van der Waals surface area contributed by atoms with Crippen LogP contribution in [-0.2, 0) is 23.6 Å². The van der Waals surface area contributed by atoms with Gasteiger partial charge < -0.3 is 0 Å². The molecule has 1 aromatic heterocycles. The van der Waals surface area contributed by atoms with Crippen molar-refractivity contribution in [1.29, 1.82) is 0 Å². The zero-order valence-electron chi connectivity index (χ0n) is 14.7. The SMILES string of the molecule is CCC[C@H]1CN(Cc2cnn(C)c2C2CC2)C[C@@H]1NS(C)(=O)=O.Cl. The molecule has 0 radical (unpaired) electrons. The molecule has 8 heteroatoms. The number of hydrogen-bond acceptors (Lipinski definition) is 4. The molecule has 2 fully saturated rings. The Balaban J connectivity index is 0.00000208. The molecular weight excluding hydrogens is 348 g/mol. The molecule has 1 aliphatic heterocycles. The van der Waals surface area contributed by atoms with Crippen molar-refractivity contribution in [3.8, 4) is 0 Å². The van der Waals surface area contributed by atoms with Crippen molar-refractivity contribution in [2.45, 2.75) is 51.1 Å². The van der Waals surface area contributed by atoms with Crippen molar-refractivity contribution in [2.75, 3.05) is 19.3 Å². The molecule has 2 aliphatic rings. The summed E-state index contributed by atoms with van der Waals surface area (Å²) < 4.78 is 28.1. The second kappa shape index (κ2) is 7.72. The lowest BCUT2D eigenvalue weighted by atomic mass is 9.99. The number of aromatic nitrogens is 2. The average molecular weight is 377 g/mol. The summed E-state index contributed by atoms with van der Waals surface area (Å²) in [6.07, 6.45) is 7.92. The fraction of sp³-hybridized carbons (Fsp3) is 0.812. The summed E-state index contributed by atoms with van der Waals surface area (Å²) in [5.74, 6) is 1.08. The summed E-state index contributed by atoms with van der Waals surface area (Å²) in [7, 11) is -1.13. The fourth-order valence-electron chi connectivity index (χ4n) is 3.90. The average Bonchev–Trinajstić information content (AvgIpc) is 3.12. The number of hydrogen-bond donors (Lipinski definition) is 1. The summed E-state index contributed by atoms with van der Waals surface area (Å²) >= 11 is 0. The van der Waals surface area contributed by atoms with E-state index in [-0.39, 0.29) is 18.4 Å². The fourth-order valence-corrected chi connectivity index (χ4v) is 4.72. The van der Waals surface area contributed by atoms with Crippen LogP contribution >= 0.6 is 12.4 Å². The van der Waals surface area contributed by atoms with Crippen LogP contribution in [0.2, 0.25) is 0 Å². The predicted octanol–water partition coefficient (Wildman–Crippen LogP) is 1.87. The summed E-state index contributed by atoms with van der Waals surface area (Å²) in [5, 5.41) is 4.43. The Hall–Kier alpha value is -0.630. The van der Waals surface area contributed by atoms with E-state index < -0.39 is 10.0 Å². The number of nitrogens with zero attached hydrogens (tertiary/aromatic N) is 3. The minimum Gasteiger partial charge on any atom is -0.297 e. The van der Waals surface area contributed by atoms with Gasteiger partial charge in [-0.05, 0) is 25.2 Å². The number of sulfonamides is 1. The zero-order chi connectivity index (χ0) is 16.6. The number of rotatable bonds is 7. The molecule has 6 nitrogen and oxygen atoms in total. The van der Waals surface area contributed by atoms with Crippen LogP contribution in [-0.4, -0.2) is 48.5 Å². The molecule has 1 aliphatic carbocycles. The minimum atomic E-state index is -3.16. The summed E-state index contributed by atoms with van der Waals surface area (Å²) in [5.41, 5.74) is 2.68. The van der Waals surface area contributed by atoms with Crippen LogP contribution < -0.4 is 4.72 Å². The first kappa shape index (κ1) is 19.7. The smallest absolute Gasteiger partial charge is 0.209 e. The molecule has 138 valence electrons. The van der Waals surface area contributed by atoms with Gasteiger partial charge >= 0.3 is 0 Å². The quantitative estimate of drug-likeness (QED) is 0.788. The molecule has 0 aromatic carbocycles. The van der Waals surface area contributed by atoms with Crippen LogP contribution in [0.5, 0.6) is 0 Å². The molecule has 2 heterocycles. The molecule has 24 heavy (non-hydrogen) atoms. The van der Waals surface area contributed by atoms with Crippen molar-refractivity contribution >= 4 is 22.4 Å². The van der Waals surface area contributed by atoms with Gasteiger partial charge in [0.1, 0.15) is 0 Å². The molecule has 1 saturated heterocycles. The summed E-state index contributed by atoms with van der Waals surface area (Å²) in [6, 6.07) is 0.0333. The van der Waals surface area contributed by atoms with Crippen LogP contribution in [0.15, 0.2) is 6.20 Å². The van der Waals surface area contributed by atoms with Crippen LogP contribution in [0.3, 0.4) is 0 Å². The molecule has 0 bridgehead atoms. The Morgan fingerprint density at radius 3 is 2.62 bits per heavy atom. The number of aryl methyl sites for hydroxylation is 1. The molecule has 0 spiro atoms. The maximum absolute atomic E-state index is 11.6. The van der Waals surface area contributed by atoms with E-state index in [0.717, 1.165) is 32.5 Å². The number of likely N-dealkylation sites (tertiary alicyclic amines) is 1. The van der Waals surface area contributed by atoms with Gasteiger partial charge in [0.25, 0.3) is 0 Å². The second-order valence-corrected chi connectivity index (χ2v) is 8.97. The third-order valence-electron chi connectivity index (χ3n) is 4.96. The zero-order valence-corrected chi connectivity index (χ0v) is 16.4. The lowest BCUT2D eigenvalue weighted by Gasteiger charge is -2.17. The third-order valence-corrected chi connectivity index (χ3v) is 5.69. The molecule has 2 atom stereocenters. The summed E-state index contributed by atoms with van der Waals surface area (Å²) in [6.45, 7) is 4.78. The Bertz CT molecular complexity index is 657. The molecule has 1 aromatic rings. The molecule has 3 rings (SSSR count). The van der Waals surface area contributed by atoms with Crippen LogP contribution in [0, 0.1) is 5.92 Å². The van der Waals surface area contributed by atoms with Crippen molar-refractivity contribution < 1.29 is 8.42 Å². The molecule has 0 unspecified atom stereocenters. The van der Waals surface area contributed by atoms with Crippen molar-refractivity contribution in [3.05, 3.63) is 17.5 Å². The molecule has 0 amide bonds. The van der Waals surface area contributed by atoms with E-state index in [1.807, 2.05) is 17.9 Å². The normalized spacial score (nSPS) is 25.0. The Morgan fingerprint density at radius 1 is 1.33 bits per heavy atom. The third kappa shape index (κ3) is 4.71. The number of nitrogens with one attached hydrogen (secondary N) is 1. The van der Waals surface area contributed by atoms with E-state index in [4.69, 9.17) is 0 Å². The maximum Gasteiger partial charge on any atom is 0.209 e. The van der Waals surface area contributed by atoms with Crippen LogP contribution in [0.4, 0.5) is 0 Å². The topological polar surface area (TPSA) is 67.2 Å². The van der Waals surface area contributed by atoms with E-state index in [9.17, 15) is 8.42 Å². The van der Waals surface area contributed by atoms with Crippen molar-refractivity contribution in [1.82, 2.24) is 19.4 Å². The van der Waals surface area contributed by atoms with Gasteiger partial charge in [-0.15, -0.1) is 12.4 Å². The van der Waals surface area contributed by atoms with E-state index in [2.05, 4.69) is 21.6 Å². The van der Waals surface area contributed by atoms with Gasteiger partial charge in [-0.1, -0.05) is 13.3 Å². The van der Waals surface area contributed by atoms with Crippen LogP contribution in [0.25, 0.3) is 0 Å². The Morgan fingerprint density at radius 2 is 2.04 bits per heavy atom. The van der Waals surface area contributed by atoms with Gasteiger partial charge in [0.05, 0.1) is 12.5 Å². The van der Waals surface area contributed by atoms with E-state index in [1.165, 1.54) is 30.4 Å². The largest absolute Gasteiger partial charge is 0.297 e. The Labute approximate surface area is 151 Å². The first-order valence-electron chi connectivity index (χ1n) is 8.57. The first-order valence-corrected chi connectivity index (χ1v) is 10.5. The van der Waals surface area contributed by atoms with Crippen LogP contribution in [0.1, 0.15) is 49.8 Å². The van der Waals surface area contributed by atoms with Gasteiger partial charge in [-0.3, -0.25) is 9.58 Å². The summed E-state index contributed by atoms with van der Waals surface area (Å²) in [4.78, 5) is 2.38. The Kier molecular flexibility index (Phi) is 6.34. The van der Waals surface area contributed by atoms with Crippen molar-refractivity contribution in [2.24, 2.45) is 13.0 Å². The van der Waals surface area contributed by atoms with Gasteiger partial charge in [0.2, 0.25) is 10.0 Å². The predicted molar refractivity (Wildman–Crippen MR) is 97.9 cm³/mol. The first-order chi connectivity index (χ1) is 10.9. The lowest BCUT2D eigenvalue weighted by Crippen LogP contribution is -2.39. The monoisotopic (exact) mass is 376 g/mol. The molecule has 1 saturated carbocycles. The van der Waals surface area contributed by atoms with E-state index >= 15 is 0 Å². The highest BCUT2D eigenvalue weighted by molar-refractivity contribution is 7.88. The maximum atomic E-state index is 11.6. The standard InChI is InChI=1S/C16H28N4O2S.ClH/c1-4-5-13-9-20(11-15(13)18-23(3,21)22)10-14-8-17-19(2)16(14)12-6-7-12;/h8,12-13,15,18H,4-7,9-11H2,1-3H3;1H/t13-,15-;/m0./s1. The van der Waals surface area contributed by atoms with Gasteiger partial charge in [0, 0.05) is 49.9 Å². The highest BCUT2D eigenvalue weighted by Gasteiger charge is 2.35. The highest BCUT2D eigenvalue weighted by Crippen LogP contribution is 2.41. The minimum absolute atomic E-state index is 0. The van der Waals surface area contributed by atoms with E-state index in [0.29, 0.717) is 11.8 Å². The van der Waals surface area contributed by atoms with Gasteiger partial charge in [0.15, 0.2) is 0 Å². The van der Waals surface area contributed by atoms with E-state index in [1.54, 1.807) is 0 Å².